The maximum atomic E-state index is 13.7. The maximum absolute atomic E-state index is 13.7. The Morgan fingerprint density at radius 2 is 2.35 bits per heavy atom. The second-order valence-corrected chi connectivity index (χ2v) is 4.49. The predicted molar refractivity (Wildman–Crippen MR) is 62.9 cm³/mol. The molecule has 1 aromatic heterocycles. The van der Waals surface area contributed by atoms with E-state index in [0.717, 1.165) is 12.8 Å². The Bertz CT molecular complexity index is 424. The van der Waals surface area contributed by atoms with E-state index in [1.165, 1.54) is 6.07 Å². The van der Waals surface area contributed by atoms with Crippen molar-refractivity contribution in [1.82, 2.24) is 4.98 Å². The molecule has 4 nitrogen and oxygen atoms in total. The van der Waals surface area contributed by atoms with Gasteiger partial charge >= 0.3 is 0 Å². The zero-order chi connectivity index (χ0) is 12.4. The molecule has 92 valence electrons. The molecule has 2 rings (SSSR count). The minimum atomic E-state index is -0.357. The van der Waals surface area contributed by atoms with Gasteiger partial charge in [0.2, 0.25) is 5.91 Å². The summed E-state index contributed by atoms with van der Waals surface area (Å²) in [5, 5.41) is 0. The molecule has 5 heteroatoms. The van der Waals surface area contributed by atoms with E-state index in [1.54, 1.807) is 12.3 Å². The van der Waals surface area contributed by atoms with Crippen molar-refractivity contribution in [3.63, 3.8) is 0 Å². The number of anilines is 1. The van der Waals surface area contributed by atoms with Crippen LogP contribution in [0.4, 0.5) is 10.2 Å². The minimum absolute atomic E-state index is 0.176. The lowest BCUT2D eigenvalue weighted by atomic mass is 9.93. The molecule has 2 atom stereocenters. The van der Waals surface area contributed by atoms with Crippen LogP contribution in [0.15, 0.2) is 18.3 Å². The zero-order valence-electron chi connectivity index (χ0n) is 9.77. The van der Waals surface area contributed by atoms with Crippen LogP contribution in [0.1, 0.15) is 19.8 Å². The van der Waals surface area contributed by atoms with E-state index < -0.39 is 0 Å². The van der Waals surface area contributed by atoms with Crippen molar-refractivity contribution < 1.29 is 9.18 Å². The summed E-state index contributed by atoms with van der Waals surface area (Å²) in [5.74, 6) is -0.582. The Morgan fingerprint density at radius 1 is 1.59 bits per heavy atom. The van der Waals surface area contributed by atoms with E-state index in [0.29, 0.717) is 12.4 Å². The van der Waals surface area contributed by atoms with Crippen LogP contribution in [0.2, 0.25) is 0 Å². The van der Waals surface area contributed by atoms with E-state index >= 15 is 0 Å². The molecule has 0 spiro atoms. The third-order valence-corrected chi connectivity index (χ3v) is 3.30. The smallest absolute Gasteiger partial charge is 0.222 e. The first-order chi connectivity index (χ1) is 8.09. The van der Waals surface area contributed by atoms with E-state index in [9.17, 15) is 9.18 Å². The van der Waals surface area contributed by atoms with Crippen molar-refractivity contribution in [1.29, 1.82) is 0 Å². The standard InChI is InChI=1S/C12H16FN3O/c1-8-4-5-9(11(14)17)7-16(8)12-10(13)3-2-6-15-12/h2-3,6,8-9H,4-5,7H2,1H3,(H2,14,17)/t8-,9+/m0/s1. The average Bonchev–Trinajstić information content (AvgIpc) is 2.30. The van der Waals surface area contributed by atoms with Crippen molar-refractivity contribution in [2.75, 3.05) is 11.4 Å². The maximum Gasteiger partial charge on any atom is 0.222 e. The first kappa shape index (κ1) is 11.8. The second-order valence-electron chi connectivity index (χ2n) is 4.49. The lowest BCUT2D eigenvalue weighted by Crippen LogP contribution is -2.46. The number of piperidine rings is 1. The Labute approximate surface area is 99.6 Å². The van der Waals surface area contributed by atoms with Gasteiger partial charge in [-0.2, -0.15) is 0 Å². The van der Waals surface area contributed by atoms with E-state index in [4.69, 9.17) is 5.73 Å². The molecule has 0 unspecified atom stereocenters. The summed E-state index contributed by atoms with van der Waals surface area (Å²) in [6, 6.07) is 3.11. The summed E-state index contributed by atoms with van der Waals surface area (Å²) in [6.45, 7) is 2.45. The van der Waals surface area contributed by atoms with Crippen molar-refractivity contribution >= 4 is 11.7 Å². The molecule has 17 heavy (non-hydrogen) atoms. The molecule has 0 aromatic carbocycles. The van der Waals surface area contributed by atoms with Gasteiger partial charge in [0.05, 0.1) is 5.92 Å². The number of hydrogen-bond donors (Lipinski definition) is 1. The fourth-order valence-corrected chi connectivity index (χ4v) is 2.22. The van der Waals surface area contributed by atoms with Crippen molar-refractivity contribution in [3.8, 4) is 0 Å². The van der Waals surface area contributed by atoms with Gasteiger partial charge in [-0.25, -0.2) is 9.37 Å². The highest BCUT2D eigenvalue weighted by Gasteiger charge is 2.30. The highest BCUT2D eigenvalue weighted by atomic mass is 19.1. The molecule has 0 radical (unpaired) electrons. The summed E-state index contributed by atoms with van der Waals surface area (Å²) < 4.78 is 13.7. The molecule has 1 aromatic rings. The van der Waals surface area contributed by atoms with Crippen LogP contribution in [0.25, 0.3) is 0 Å². The van der Waals surface area contributed by atoms with Gasteiger partial charge in [-0.3, -0.25) is 4.79 Å². The molecule has 2 N–H and O–H groups in total. The Balaban J connectivity index is 2.24. The minimum Gasteiger partial charge on any atom is -0.369 e. The first-order valence-corrected chi connectivity index (χ1v) is 5.76. The summed E-state index contributed by atoms with van der Waals surface area (Å²) in [6.07, 6.45) is 3.14. The first-order valence-electron chi connectivity index (χ1n) is 5.76. The van der Waals surface area contributed by atoms with Gasteiger partial charge < -0.3 is 10.6 Å². The third-order valence-electron chi connectivity index (χ3n) is 3.30. The lowest BCUT2D eigenvalue weighted by Gasteiger charge is -2.37. The van der Waals surface area contributed by atoms with Gasteiger partial charge in [0.15, 0.2) is 11.6 Å². The number of carbonyl (C=O) groups excluding carboxylic acids is 1. The van der Waals surface area contributed by atoms with Crippen molar-refractivity contribution in [2.24, 2.45) is 11.7 Å². The number of nitrogens with two attached hydrogens (primary N) is 1. The summed E-state index contributed by atoms with van der Waals surface area (Å²) in [7, 11) is 0. The topological polar surface area (TPSA) is 59.2 Å². The number of hydrogen-bond acceptors (Lipinski definition) is 3. The number of nitrogens with zero attached hydrogens (tertiary/aromatic N) is 2. The highest BCUT2D eigenvalue weighted by Crippen LogP contribution is 2.27. The highest BCUT2D eigenvalue weighted by molar-refractivity contribution is 5.77. The largest absolute Gasteiger partial charge is 0.369 e. The van der Waals surface area contributed by atoms with E-state index in [1.807, 2.05) is 11.8 Å². The van der Waals surface area contributed by atoms with E-state index in [-0.39, 0.29) is 23.7 Å². The normalized spacial score (nSPS) is 24.7. The number of halogens is 1. The number of pyridine rings is 1. The zero-order valence-corrected chi connectivity index (χ0v) is 9.77. The SMILES string of the molecule is C[C@H]1CC[C@@H](C(N)=O)CN1c1ncccc1F. The summed E-state index contributed by atoms with van der Waals surface area (Å²) in [4.78, 5) is 17.1. The number of rotatable bonds is 2. The van der Waals surface area contributed by atoms with Crippen LogP contribution >= 0.6 is 0 Å². The second kappa shape index (κ2) is 4.69. The molecular weight excluding hydrogens is 221 g/mol. The van der Waals surface area contributed by atoms with Crippen LogP contribution in [-0.2, 0) is 4.79 Å². The van der Waals surface area contributed by atoms with Crippen LogP contribution in [0.5, 0.6) is 0 Å². The van der Waals surface area contributed by atoms with Crippen LogP contribution in [0, 0.1) is 11.7 Å². The molecule has 2 heterocycles. The monoisotopic (exact) mass is 237 g/mol. The molecule has 1 saturated heterocycles. The Morgan fingerprint density at radius 3 is 3.00 bits per heavy atom. The fraction of sp³-hybridized carbons (Fsp3) is 0.500. The number of aromatic nitrogens is 1. The molecule has 0 aliphatic carbocycles. The molecule has 1 aliphatic rings. The van der Waals surface area contributed by atoms with Gasteiger partial charge in [0.1, 0.15) is 0 Å². The quantitative estimate of drug-likeness (QED) is 0.843. The molecule has 0 saturated carbocycles. The van der Waals surface area contributed by atoms with Crippen molar-refractivity contribution in [3.05, 3.63) is 24.1 Å². The third kappa shape index (κ3) is 2.38. The summed E-state index contributed by atoms with van der Waals surface area (Å²) >= 11 is 0. The molecule has 1 amide bonds. The van der Waals surface area contributed by atoms with Gasteiger partial charge in [-0.1, -0.05) is 0 Å². The van der Waals surface area contributed by atoms with Gasteiger partial charge in [0.25, 0.3) is 0 Å². The van der Waals surface area contributed by atoms with Crippen LogP contribution in [-0.4, -0.2) is 23.5 Å². The van der Waals surface area contributed by atoms with E-state index in [2.05, 4.69) is 4.98 Å². The molecule has 1 fully saturated rings. The van der Waals surface area contributed by atoms with Crippen molar-refractivity contribution in [2.45, 2.75) is 25.8 Å². The number of primary amides is 1. The Hall–Kier alpha value is -1.65. The number of amides is 1. The van der Waals surface area contributed by atoms with Gasteiger partial charge in [-0.05, 0) is 31.9 Å². The molecule has 1 aliphatic heterocycles. The lowest BCUT2D eigenvalue weighted by molar-refractivity contribution is -0.122. The van der Waals surface area contributed by atoms with Crippen LogP contribution < -0.4 is 10.6 Å². The molecule has 0 bridgehead atoms. The summed E-state index contributed by atoms with van der Waals surface area (Å²) in [5.41, 5.74) is 5.31. The molecular formula is C12H16FN3O. The van der Waals surface area contributed by atoms with Crippen LogP contribution in [0.3, 0.4) is 0 Å². The van der Waals surface area contributed by atoms with Gasteiger partial charge in [0, 0.05) is 18.8 Å². The fourth-order valence-electron chi connectivity index (χ4n) is 2.22. The number of carbonyl (C=O) groups is 1. The average molecular weight is 237 g/mol. The predicted octanol–water partition coefficient (Wildman–Crippen LogP) is 1.31. The van der Waals surface area contributed by atoms with Gasteiger partial charge in [-0.15, -0.1) is 0 Å². The Kier molecular flexibility index (Phi) is 3.26.